The smallest absolute Gasteiger partial charge is 0.0221 e. The van der Waals surface area contributed by atoms with E-state index >= 15 is 0 Å². The van der Waals surface area contributed by atoms with Gasteiger partial charge in [-0.05, 0) is 31.2 Å². The molecule has 1 aromatic rings. The summed E-state index contributed by atoms with van der Waals surface area (Å²) in [7, 11) is 0. The number of nitrogens with one attached hydrogen (secondary N) is 1. The van der Waals surface area contributed by atoms with Crippen LogP contribution in [-0.4, -0.2) is 12.1 Å². The van der Waals surface area contributed by atoms with Gasteiger partial charge in [-0.1, -0.05) is 36.4 Å². The Morgan fingerprint density at radius 2 is 2.00 bits per heavy atom. The fourth-order valence-electron chi connectivity index (χ4n) is 2.19. The molecule has 1 fully saturated rings. The largest absolute Gasteiger partial charge is 0.308 e. The lowest BCUT2D eigenvalue weighted by molar-refractivity contribution is 0.282. The third-order valence-corrected chi connectivity index (χ3v) is 3.26. The van der Waals surface area contributed by atoms with Crippen LogP contribution >= 0.6 is 0 Å². The van der Waals surface area contributed by atoms with Gasteiger partial charge in [0, 0.05) is 12.1 Å². The average Bonchev–Trinajstić information content (AvgIpc) is 2.23. The molecule has 1 N–H and O–H groups in total. The molecule has 0 amide bonds. The molecular formula is C14H19N. The highest BCUT2D eigenvalue weighted by atomic mass is 15.0. The standard InChI is InChI=1S/C14H19N/c1-3-11(2)15-14-9-13(10-14)12-7-5-4-6-8-12/h3-8,11,13-15H,1,9-10H2,2H3. The molecule has 1 saturated carbocycles. The molecule has 1 atom stereocenters. The summed E-state index contributed by atoms with van der Waals surface area (Å²) >= 11 is 0. The lowest BCUT2D eigenvalue weighted by Gasteiger charge is -2.37. The third-order valence-electron chi connectivity index (χ3n) is 3.26. The first-order valence-electron chi connectivity index (χ1n) is 5.73. The van der Waals surface area contributed by atoms with Crippen LogP contribution in [-0.2, 0) is 0 Å². The molecule has 0 heterocycles. The highest BCUT2D eigenvalue weighted by Gasteiger charge is 2.30. The molecule has 0 bridgehead atoms. The van der Waals surface area contributed by atoms with Crippen molar-refractivity contribution in [2.24, 2.45) is 0 Å². The van der Waals surface area contributed by atoms with E-state index in [1.165, 1.54) is 18.4 Å². The van der Waals surface area contributed by atoms with Crippen LogP contribution in [0.1, 0.15) is 31.2 Å². The first-order valence-corrected chi connectivity index (χ1v) is 5.73. The SMILES string of the molecule is C=CC(C)NC1CC(c2ccccc2)C1. The van der Waals surface area contributed by atoms with E-state index < -0.39 is 0 Å². The number of hydrogen-bond donors (Lipinski definition) is 1. The number of hydrogen-bond acceptors (Lipinski definition) is 1. The van der Waals surface area contributed by atoms with Gasteiger partial charge in [-0.2, -0.15) is 0 Å². The van der Waals surface area contributed by atoms with Gasteiger partial charge in [-0.25, -0.2) is 0 Å². The second kappa shape index (κ2) is 4.63. The van der Waals surface area contributed by atoms with Gasteiger partial charge in [0.15, 0.2) is 0 Å². The van der Waals surface area contributed by atoms with Crippen LogP contribution in [0.4, 0.5) is 0 Å². The maximum Gasteiger partial charge on any atom is 0.0221 e. The van der Waals surface area contributed by atoms with E-state index in [1.807, 2.05) is 6.08 Å². The third kappa shape index (κ3) is 2.48. The predicted molar refractivity (Wildman–Crippen MR) is 65.0 cm³/mol. The van der Waals surface area contributed by atoms with E-state index in [0.717, 1.165) is 5.92 Å². The van der Waals surface area contributed by atoms with Crippen LogP contribution in [0.3, 0.4) is 0 Å². The van der Waals surface area contributed by atoms with E-state index in [1.54, 1.807) is 0 Å². The second-order valence-corrected chi connectivity index (χ2v) is 4.47. The van der Waals surface area contributed by atoms with Gasteiger partial charge in [-0.3, -0.25) is 0 Å². The minimum atomic E-state index is 0.437. The lowest BCUT2D eigenvalue weighted by Crippen LogP contribution is -2.43. The van der Waals surface area contributed by atoms with Gasteiger partial charge in [0.05, 0.1) is 0 Å². The Balaban J connectivity index is 1.81. The maximum atomic E-state index is 3.79. The van der Waals surface area contributed by atoms with E-state index in [2.05, 4.69) is 49.2 Å². The Kier molecular flexibility index (Phi) is 3.22. The number of rotatable bonds is 4. The summed E-state index contributed by atoms with van der Waals surface area (Å²) in [5, 5.41) is 3.55. The normalized spacial score (nSPS) is 26.7. The first-order chi connectivity index (χ1) is 7.29. The summed E-state index contributed by atoms with van der Waals surface area (Å²) in [6, 6.07) is 11.9. The van der Waals surface area contributed by atoms with Gasteiger partial charge in [0.2, 0.25) is 0 Å². The molecule has 2 rings (SSSR count). The highest BCUT2D eigenvalue weighted by Crippen LogP contribution is 2.36. The molecule has 1 aromatic carbocycles. The molecule has 0 aromatic heterocycles. The molecule has 1 nitrogen and oxygen atoms in total. The molecule has 0 saturated heterocycles. The Hall–Kier alpha value is -1.08. The Labute approximate surface area is 92.2 Å². The summed E-state index contributed by atoms with van der Waals surface area (Å²) in [6.45, 7) is 5.94. The molecule has 80 valence electrons. The fraction of sp³-hybridized carbons (Fsp3) is 0.429. The van der Waals surface area contributed by atoms with Crippen molar-refractivity contribution in [3.8, 4) is 0 Å². The highest BCUT2D eigenvalue weighted by molar-refractivity contribution is 5.22. The van der Waals surface area contributed by atoms with E-state index in [4.69, 9.17) is 0 Å². The fourth-order valence-corrected chi connectivity index (χ4v) is 2.19. The van der Waals surface area contributed by atoms with Crippen molar-refractivity contribution in [1.29, 1.82) is 0 Å². The lowest BCUT2D eigenvalue weighted by atomic mass is 9.75. The molecule has 1 aliphatic carbocycles. The molecular weight excluding hydrogens is 182 g/mol. The Bertz CT molecular complexity index is 311. The van der Waals surface area contributed by atoms with Crippen LogP contribution in [0.15, 0.2) is 43.0 Å². The minimum Gasteiger partial charge on any atom is -0.308 e. The van der Waals surface area contributed by atoms with Crippen LogP contribution in [0.25, 0.3) is 0 Å². The van der Waals surface area contributed by atoms with E-state index in [-0.39, 0.29) is 0 Å². The van der Waals surface area contributed by atoms with Crippen LogP contribution in [0.2, 0.25) is 0 Å². The molecule has 0 radical (unpaired) electrons. The molecule has 1 aliphatic rings. The van der Waals surface area contributed by atoms with Crippen molar-refractivity contribution in [3.05, 3.63) is 48.6 Å². The van der Waals surface area contributed by atoms with Crippen molar-refractivity contribution < 1.29 is 0 Å². The first kappa shape index (κ1) is 10.4. The van der Waals surface area contributed by atoms with E-state index in [0.29, 0.717) is 12.1 Å². The predicted octanol–water partition coefficient (Wildman–Crippen LogP) is 3.10. The topological polar surface area (TPSA) is 12.0 Å². The van der Waals surface area contributed by atoms with Crippen molar-refractivity contribution in [2.75, 3.05) is 0 Å². The zero-order chi connectivity index (χ0) is 10.7. The molecule has 15 heavy (non-hydrogen) atoms. The number of benzene rings is 1. The molecule has 0 spiro atoms. The molecule has 0 aliphatic heterocycles. The van der Waals surface area contributed by atoms with Crippen LogP contribution in [0.5, 0.6) is 0 Å². The van der Waals surface area contributed by atoms with Crippen molar-refractivity contribution in [1.82, 2.24) is 5.32 Å². The Morgan fingerprint density at radius 1 is 1.33 bits per heavy atom. The minimum absolute atomic E-state index is 0.437. The summed E-state index contributed by atoms with van der Waals surface area (Å²) < 4.78 is 0. The summed E-state index contributed by atoms with van der Waals surface area (Å²) in [5.41, 5.74) is 1.49. The summed E-state index contributed by atoms with van der Waals surface area (Å²) in [5.74, 6) is 0.765. The van der Waals surface area contributed by atoms with Crippen molar-refractivity contribution in [2.45, 2.75) is 37.8 Å². The average molecular weight is 201 g/mol. The van der Waals surface area contributed by atoms with Crippen LogP contribution in [0, 0.1) is 0 Å². The second-order valence-electron chi connectivity index (χ2n) is 4.47. The quantitative estimate of drug-likeness (QED) is 0.738. The van der Waals surface area contributed by atoms with Crippen molar-refractivity contribution >= 4 is 0 Å². The van der Waals surface area contributed by atoms with Crippen LogP contribution < -0.4 is 5.32 Å². The van der Waals surface area contributed by atoms with Gasteiger partial charge < -0.3 is 5.32 Å². The van der Waals surface area contributed by atoms with Gasteiger partial charge in [-0.15, -0.1) is 6.58 Å². The van der Waals surface area contributed by atoms with E-state index in [9.17, 15) is 0 Å². The maximum absolute atomic E-state index is 3.79. The molecule has 1 heteroatoms. The summed E-state index contributed by atoms with van der Waals surface area (Å²) in [6.07, 6.45) is 4.50. The molecule has 1 unspecified atom stereocenters. The zero-order valence-electron chi connectivity index (χ0n) is 9.32. The van der Waals surface area contributed by atoms with Gasteiger partial charge >= 0.3 is 0 Å². The monoisotopic (exact) mass is 201 g/mol. The van der Waals surface area contributed by atoms with Crippen molar-refractivity contribution in [3.63, 3.8) is 0 Å². The zero-order valence-corrected chi connectivity index (χ0v) is 9.32. The van der Waals surface area contributed by atoms with Gasteiger partial charge in [0.25, 0.3) is 0 Å². The van der Waals surface area contributed by atoms with Gasteiger partial charge in [0.1, 0.15) is 0 Å². The Morgan fingerprint density at radius 3 is 2.60 bits per heavy atom. The summed E-state index contributed by atoms with van der Waals surface area (Å²) in [4.78, 5) is 0.